The van der Waals surface area contributed by atoms with Crippen LogP contribution in [0.2, 0.25) is 0 Å². The van der Waals surface area contributed by atoms with E-state index >= 15 is 0 Å². The molecular formula is C31H49N5O3S. The molecule has 0 saturated heterocycles. The van der Waals surface area contributed by atoms with Gasteiger partial charge >= 0.3 is 0 Å². The Balaban J connectivity index is 0. The molecular weight excluding hydrogens is 522 g/mol. The minimum Gasteiger partial charge on any atom is -0.497 e. The first-order chi connectivity index (χ1) is 19.1. The van der Waals surface area contributed by atoms with Crippen molar-refractivity contribution in [1.82, 2.24) is 15.7 Å². The van der Waals surface area contributed by atoms with Crippen LogP contribution in [0, 0.1) is 18.8 Å². The largest absolute Gasteiger partial charge is 0.497 e. The maximum absolute atomic E-state index is 13.4. The minimum absolute atomic E-state index is 0.0131. The highest BCUT2D eigenvalue weighted by Gasteiger charge is 2.14. The second-order valence-electron chi connectivity index (χ2n) is 8.39. The molecule has 0 aromatic carbocycles. The molecule has 0 fully saturated rings. The summed E-state index contributed by atoms with van der Waals surface area (Å²) in [4.78, 5) is 5.59. The van der Waals surface area contributed by atoms with E-state index in [9.17, 15) is 4.21 Å². The quantitative estimate of drug-likeness (QED) is 0.109. The standard InChI is InChI=1S/C24H35N5O3S.C3H8.C2H4.C2H2/c1-17(31-4)9-23(32-5)10-18(2)33(6,30)24-8-7-22(27-16-24)15-26-19(3)21(12-25)11-20-13-28-29-14-20;1-3-2;2*1-2/h7-11,13,16-17,21,26,29H,3,6,12,14-15,25H2,1-2,4-5H3;3H2,1-2H3;1-2H2;1-2H/b18-10+,20-11-,23-9+;;;. The summed E-state index contributed by atoms with van der Waals surface area (Å²) in [6, 6.07) is 3.62. The molecule has 0 amide bonds. The molecule has 0 spiro atoms. The monoisotopic (exact) mass is 571 g/mol. The van der Waals surface area contributed by atoms with Crippen molar-refractivity contribution in [1.29, 1.82) is 0 Å². The summed E-state index contributed by atoms with van der Waals surface area (Å²) in [5.41, 5.74) is 11.5. The number of nitrogens with one attached hydrogen (secondary N) is 2. The summed E-state index contributed by atoms with van der Waals surface area (Å²) in [6.45, 7) is 19.6. The fraction of sp³-hybridized carbons (Fsp3) is 0.387. The Morgan fingerprint density at radius 1 is 1.30 bits per heavy atom. The molecule has 1 aromatic heterocycles. The summed E-state index contributed by atoms with van der Waals surface area (Å²) < 4.78 is 24.0. The van der Waals surface area contributed by atoms with E-state index in [0.717, 1.165) is 17.0 Å². The highest BCUT2D eigenvalue weighted by molar-refractivity contribution is 8.03. The number of allylic oxidation sites excluding steroid dienone is 2. The van der Waals surface area contributed by atoms with Crippen molar-refractivity contribution >= 4 is 21.6 Å². The van der Waals surface area contributed by atoms with Crippen molar-refractivity contribution in [2.75, 3.05) is 27.3 Å². The third kappa shape index (κ3) is 14.0. The molecule has 4 N–H and O–H groups in total. The van der Waals surface area contributed by atoms with E-state index in [0.29, 0.717) is 35.2 Å². The summed E-state index contributed by atoms with van der Waals surface area (Å²) in [5, 5.41) is 7.27. The van der Waals surface area contributed by atoms with Gasteiger partial charge in [-0.3, -0.25) is 9.19 Å². The molecule has 0 bridgehead atoms. The number of methoxy groups -OCH3 is 2. The van der Waals surface area contributed by atoms with Gasteiger partial charge in [0.15, 0.2) is 0 Å². The van der Waals surface area contributed by atoms with Crippen molar-refractivity contribution in [3.05, 3.63) is 83.9 Å². The van der Waals surface area contributed by atoms with Crippen molar-refractivity contribution in [2.24, 2.45) is 16.8 Å². The van der Waals surface area contributed by atoms with Gasteiger partial charge in [0.2, 0.25) is 0 Å². The molecule has 2 heterocycles. The van der Waals surface area contributed by atoms with E-state index in [2.05, 4.69) is 79.2 Å². The van der Waals surface area contributed by atoms with Crippen LogP contribution in [0.5, 0.6) is 0 Å². The Morgan fingerprint density at radius 2 is 1.93 bits per heavy atom. The van der Waals surface area contributed by atoms with E-state index < -0.39 is 9.52 Å². The maximum atomic E-state index is 13.4. The molecule has 0 aliphatic carbocycles. The van der Waals surface area contributed by atoms with Crippen LogP contribution in [0.25, 0.3) is 0 Å². The third-order valence-corrected chi connectivity index (χ3v) is 7.43. The molecule has 0 radical (unpaired) electrons. The van der Waals surface area contributed by atoms with Crippen LogP contribution in [0.4, 0.5) is 0 Å². The fourth-order valence-corrected chi connectivity index (χ4v) is 4.17. The van der Waals surface area contributed by atoms with Crippen molar-refractivity contribution in [3.63, 3.8) is 0 Å². The van der Waals surface area contributed by atoms with E-state index in [4.69, 9.17) is 15.2 Å². The van der Waals surface area contributed by atoms with Gasteiger partial charge in [-0.15, -0.1) is 26.0 Å². The molecule has 222 valence electrons. The predicted octanol–water partition coefficient (Wildman–Crippen LogP) is 4.79. The van der Waals surface area contributed by atoms with Gasteiger partial charge < -0.3 is 25.9 Å². The smallest absolute Gasteiger partial charge is 0.118 e. The zero-order valence-electron chi connectivity index (χ0n) is 25.1. The Hall–Kier alpha value is -3.58. The normalized spacial score (nSPS) is 16.3. The lowest BCUT2D eigenvalue weighted by Gasteiger charge is -2.17. The number of hydrogen-bond donors (Lipinski definition) is 3. The van der Waals surface area contributed by atoms with Gasteiger partial charge in [0.05, 0.1) is 43.1 Å². The SMILES string of the molecule is C#C.C=C.C=C(NCc1ccc(S(=C)(=O)/C(C)=C/C(=C\C(C)OC)OC)cn1)C(/C=C1/C=NNC1)CN.CCC. The van der Waals surface area contributed by atoms with E-state index in [-0.39, 0.29) is 12.0 Å². The number of nitrogens with two attached hydrogens (primary N) is 1. The molecule has 9 heteroatoms. The lowest BCUT2D eigenvalue weighted by Crippen LogP contribution is -2.25. The summed E-state index contributed by atoms with van der Waals surface area (Å²) in [6.07, 6.45) is 18.1. The number of ether oxygens (including phenoxy) is 2. The Bertz CT molecular complexity index is 1120. The van der Waals surface area contributed by atoms with Crippen LogP contribution in [0.3, 0.4) is 0 Å². The van der Waals surface area contributed by atoms with Gasteiger partial charge in [0.25, 0.3) is 0 Å². The van der Waals surface area contributed by atoms with Crippen molar-refractivity contribution < 1.29 is 13.7 Å². The van der Waals surface area contributed by atoms with Crippen LogP contribution in [0.15, 0.2) is 88.2 Å². The average Bonchev–Trinajstić information content (AvgIpc) is 3.50. The Morgan fingerprint density at radius 3 is 2.38 bits per heavy atom. The number of terminal acetylenes is 1. The fourth-order valence-electron chi connectivity index (χ4n) is 2.98. The van der Waals surface area contributed by atoms with E-state index in [1.165, 1.54) is 6.42 Å². The lowest BCUT2D eigenvalue weighted by molar-refractivity contribution is 0.151. The van der Waals surface area contributed by atoms with Crippen LogP contribution in [0.1, 0.15) is 39.8 Å². The highest BCUT2D eigenvalue weighted by Crippen LogP contribution is 2.21. The van der Waals surface area contributed by atoms with Crippen LogP contribution >= 0.6 is 0 Å². The molecule has 0 saturated carbocycles. The number of pyridine rings is 1. The molecule has 1 aliphatic rings. The van der Waals surface area contributed by atoms with Gasteiger partial charge in [-0.2, -0.15) is 5.10 Å². The van der Waals surface area contributed by atoms with Crippen molar-refractivity contribution in [2.45, 2.75) is 51.7 Å². The lowest BCUT2D eigenvalue weighted by atomic mass is 10.0. The number of aromatic nitrogens is 1. The first kappa shape index (κ1) is 38.6. The minimum atomic E-state index is -2.71. The zero-order valence-corrected chi connectivity index (χ0v) is 25.9. The van der Waals surface area contributed by atoms with Crippen LogP contribution in [-0.4, -0.2) is 54.7 Å². The number of hydrazone groups is 1. The Kier molecular flexibility index (Phi) is 21.5. The number of nitrogens with zero attached hydrogens (tertiary/aromatic N) is 2. The predicted molar refractivity (Wildman–Crippen MR) is 173 cm³/mol. The highest BCUT2D eigenvalue weighted by atomic mass is 32.2. The molecule has 1 aliphatic heterocycles. The molecule has 3 unspecified atom stereocenters. The van der Waals surface area contributed by atoms with Crippen molar-refractivity contribution in [3.8, 4) is 12.8 Å². The second-order valence-corrected chi connectivity index (χ2v) is 10.9. The number of hydrogen-bond acceptors (Lipinski definition) is 8. The van der Waals surface area contributed by atoms with Crippen LogP contribution in [-0.2, 0) is 25.5 Å². The molecule has 1 aromatic rings. The topological polar surface area (TPSA) is 111 Å². The zero-order chi connectivity index (χ0) is 31.1. The van der Waals surface area contributed by atoms with Crippen LogP contribution < -0.4 is 16.5 Å². The molecule has 40 heavy (non-hydrogen) atoms. The van der Waals surface area contributed by atoms with Gasteiger partial charge in [-0.05, 0) is 49.6 Å². The molecule has 3 atom stereocenters. The maximum Gasteiger partial charge on any atom is 0.118 e. The average molecular weight is 572 g/mol. The van der Waals surface area contributed by atoms with Gasteiger partial charge in [-0.25, -0.2) is 0 Å². The van der Waals surface area contributed by atoms with Gasteiger partial charge in [-0.1, -0.05) is 32.9 Å². The number of rotatable bonds is 12. The molecule has 2 rings (SSSR count). The van der Waals surface area contributed by atoms with E-state index in [1.807, 2.05) is 13.0 Å². The summed E-state index contributed by atoms with van der Waals surface area (Å²) >= 11 is 0. The third-order valence-electron chi connectivity index (χ3n) is 5.27. The Labute approximate surface area is 243 Å². The first-order valence-corrected chi connectivity index (χ1v) is 14.6. The first-order valence-electron chi connectivity index (χ1n) is 12.8. The molecule has 8 nitrogen and oxygen atoms in total. The van der Waals surface area contributed by atoms with E-state index in [1.54, 1.807) is 51.8 Å². The van der Waals surface area contributed by atoms with Gasteiger partial charge in [0, 0.05) is 45.9 Å². The second kappa shape index (κ2) is 22.3. The summed E-state index contributed by atoms with van der Waals surface area (Å²) in [5.74, 6) is 4.50. The van der Waals surface area contributed by atoms with Gasteiger partial charge in [0.1, 0.15) is 5.76 Å². The summed E-state index contributed by atoms with van der Waals surface area (Å²) in [7, 11) is 0.464.